The molecule has 2 N–H and O–H groups in total. The van der Waals surface area contributed by atoms with E-state index in [1.54, 1.807) is 25.1 Å². The third-order valence-corrected chi connectivity index (χ3v) is 5.31. The molecule has 0 aliphatic heterocycles. The van der Waals surface area contributed by atoms with E-state index in [0.29, 0.717) is 29.1 Å². The number of thiocarbonyl (C=S) groups is 1. The van der Waals surface area contributed by atoms with E-state index < -0.39 is 10.0 Å². The molecule has 112 valence electrons. The van der Waals surface area contributed by atoms with Crippen molar-refractivity contribution in [3.05, 3.63) is 29.3 Å². The van der Waals surface area contributed by atoms with Gasteiger partial charge in [0.05, 0.1) is 4.90 Å². The first-order chi connectivity index (χ1) is 9.34. The number of sulfonamides is 1. The molecule has 0 aliphatic carbocycles. The molecule has 0 aromatic heterocycles. The standard InChI is InChI=1S/C14H22N2O2S2/c1-4-8-16(9-5-2)20(17,18)13-10-12(14(15)19)7-6-11(13)3/h6-7,10H,4-5,8-9H2,1-3H3,(H2,15,19). The van der Waals surface area contributed by atoms with Crippen LogP contribution in [0, 0.1) is 6.92 Å². The zero-order valence-electron chi connectivity index (χ0n) is 12.2. The summed E-state index contributed by atoms with van der Waals surface area (Å²) in [7, 11) is -3.49. The number of hydrogen-bond donors (Lipinski definition) is 1. The number of nitrogens with two attached hydrogens (primary N) is 1. The fourth-order valence-corrected chi connectivity index (χ4v) is 4.02. The van der Waals surface area contributed by atoms with Gasteiger partial charge in [-0.2, -0.15) is 4.31 Å². The second-order valence-electron chi connectivity index (χ2n) is 4.75. The van der Waals surface area contributed by atoms with Crippen molar-refractivity contribution in [1.82, 2.24) is 4.31 Å². The largest absolute Gasteiger partial charge is 0.389 e. The van der Waals surface area contributed by atoms with Crippen LogP contribution in [0.3, 0.4) is 0 Å². The predicted octanol–water partition coefficient (Wildman–Crippen LogP) is 2.44. The van der Waals surface area contributed by atoms with Crippen LogP contribution in [-0.2, 0) is 10.0 Å². The number of rotatable bonds is 7. The molecule has 6 heteroatoms. The molecule has 0 aliphatic rings. The topological polar surface area (TPSA) is 63.4 Å². The first-order valence-electron chi connectivity index (χ1n) is 6.75. The fourth-order valence-electron chi connectivity index (χ4n) is 2.02. The number of nitrogens with zero attached hydrogens (tertiary/aromatic N) is 1. The van der Waals surface area contributed by atoms with E-state index in [1.807, 2.05) is 13.8 Å². The molecule has 0 radical (unpaired) electrons. The maximum Gasteiger partial charge on any atom is 0.243 e. The summed E-state index contributed by atoms with van der Waals surface area (Å²) in [6.07, 6.45) is 1.57. The molecular formula is C14H22N2O2S2. The van der Waals surface area contributed by atoms with Gasteiger partial charge >= 0.3 is 0 Å². The van der Waals surface area contributed by atoms with Gasteiger partial charge in [-0.05, 0) is 31.4 Å². The molecule has 1 aromatic carbocycles. The highest BCUT2D eigenvalue weighted by molar-refractivity contribution is 7.89. The van der Waals surface area contributed by atoms with Crippen molar-refractivity contribution in [2.75, 3.05) is 13.1 Å². The van der Waals surface area contributed by atoms with Gasteiger partial charge in [-0.15, -0.1) is 0 Å². The van der Waals surface area contributed by atoms with E-state index in [9.17, 15) is 8.42 Å². The van der Waals surface area contributed by atoms with Crippen LogP contribution in [0.5, 0.6) is 0 Å². The maximum absolute atomic E-state index is 12.7. The lowest BCUT2D eigenvalue weighted by atomic mass is 10.1. The van der Waals surface area contributed by atoms with Crippen molar-refractivity contribution in [2.24, 2.45) is 5.73 Å². The molecule has 1 aromatic rings. The summed E-state index contributed by atoms with van der Waals surface area (Å²) in [5, 5.41) is 0. The van der Waals surface area contributed by atoms with Gasteiger partial charge in [-0.1, -0.05) is 38.2 Å². The van der Waals surface area contributed by atoms with E-state index in [4.69, 9.17) is 18.0 Å². The summed E-state index contributed by atoms with van der Waals surface area (Å²) in [5.74, 6) is 0. The molecule has 0 bridgehead atoms. The van der Waals surface area contributed by atoms with E-state index in [0.717, 1.165) is 12.8 Å². The van der Waals surface area contributed by atoms with Gasteiger partial charge in [0.1, 0.15) is 4.99 Å². The Morgan fingerprint density at radius 3 is 2.25 bits per heavy atom. The van der Waals surface area contributed by atoms with E-state index in [1.165, 1.54) is 4.31 Å². The Hall–Kier alpha value is -0.980. The molecule has 0 saturated carbocycles. The zero-order chi connectivity index (χ0) is 15.3. The Balaban J connectivity index is 3.32. The van der Waals surface area contributed by atoms with Gasteiger partial charge in [0.2, 0.25) is 10.0 Å². The van der Waals surface area contributed by atoms with Crippen molar-refractivity contribution >= 4 is 27.2 Å². The Morgan fingerprint density at radius 2 is 1.80 bits per heavy atom. The highest BCUT2D eigenvalue weighted by Crippen LogP contribution is 2.22. The third kappa shape index (κ3) is 3.77. The molecule has 0 spiro atoms. The minimum absolute atomic E-state index is 0.207. The number of aryl methyl sites for hydroxylation is 1. The van der Waals surface area contributed by atoms with Crippen molar-refractivity contribution in [1.29, 1.82) is 0 Å². The highest BCUT2D eigenvalue weighted by atomic mass is 32.2. The van der Waals surface area contributed by atoms with Crippen LogP contribution >= 0.6 is 12.2 Å². The SMILES string of the molecule is CCCN(CCC)S(=O)(=O)c1cc(C(N)=S)ccc1C. The van der Waals surface area contributed by atoms with Crippen molar-refractivity contribution < 1.29 is 8.42 Å². The zero-order valence-corrected chi connectivity index (χ0v) is 13.9. The van der Waals surface area contributed by atoms with Gasteiger partial charge in [0, 0.05) is 18.7 Å². The summed E-state index contributed by atoms with van der Waals surface area (Å²) >= 11 is 4.93. The van der Waals surface area contributed by atoms with Gasteiger partial charge in [-0.25, -0.2) is 8.42 Å². The summed E-state index contributed by atoms with van der Waals surface area (Å²) in [6, 6.07) is 5.07. The third-order valence-electron chi connectivity index (χ3n) is 3.04. The molecule has 0 saturated heterocycles. The number of hydrogen-bond acceptors (Lipinski definition) is 3. The average molecular weight is 314 g/mol. The monoisotopic (exact) mass is 314 g/mol. The highest BCUT2D eigenvalue weighted by Gasteiger charge is 2.25. The average Bonchev–Trinajstić information content (AvgIpc) is 2.38. The summed E-state index contributed by atoms with van der Waals surface area (Å²) in [5.41, 5.74) is 6.88. The van der Waals surface area contributed by atoms with Crippen LogP contribution in [0.4, 0.5) is 0 Å². The quantitative estimate of drug-likeness (QED) is 0.785. The van der Waals surface area contributed by atoms with Gasteiger partial charge in [-0.3, -0.25) is 0 Å². The Kier molecular flexibility index (Phi) is 6.10. The Labute approximate surface area is 127 Å². The van der Waals surface area contributed by atoms with Crippen LogP contribution in [0.15, 0.2) is 23.1 Å². The molecular weight excluding hydrogens is 292 g/mol. The molecule has 0 atom stereocenters. The van der Waals surface area contributed by atoms with E-state index in [2.05, 4.69) is 0 Å². The van der Waals surface area contributed by atoms with Gasteiger partial charge in [0.25, 0.3) is 0 Å². The summed E-state index contributed by atoms with van der Waals surface area (Å²) in [6.45, 7) is 6.76. The first-order valence-corrected chi connectivity index (χ1v) is 8.60. The van der Waals surface area contributed by atoms with Crippen LogP contribution in [0.25, 0.3) is 0 Å². The van der Waals surface area contributed by atoms with Crippen molar-refractivity contribution in [3.63, 3.8) is 0 Å². The molecule has 1 rings (SSSR count). The lowest BCUT2D eigenvalue weighted by Crippen LogP contribution is -2.33. The molecule has 0 fully saturated rings. The molecule has 0 unspecified atom stereocenters. The summed E-state index contributed by atoms with van der Waals surface area (Å²) < 4.78 is 27.0. The van der Waals surface area contributed by atoms with E-state index >= 15 is 0 Å². The van der Waals surface area contributed by atoms with Crippen LogP contribution in [0.2, 0.25) is 0 Å². The smallest absolute Gasteiger partial charge is 0.243 e. The van der Waals surface area contributed by atoms with Crippen molar-refractivity contribution in [2.45, 2.75) is 38.5 Å². The van der Waals surface area contributed by atoms with Gasteiger partial charge < -0.3 is 5.73 Å². The fraction of sp³-hybridized carbons (Fsp3) is 0.500. The first kappa shape index (κ1) is 17.1. The lowest BCUT2D eigenvalue weighted by molar-refractivity contribution is 0.409. The maximum atomic E-state index is 12.7. The minimum atomic E-state index is -3.49. The molecule has 20 heavy (non-hydrogen) atoms. The molecule has 0 amide bonds. The summed E-state index contributed by atoms with van der Waals surface area (Å²) in [4.78, 5) is 0.503. The minimum Gasteiger partial charge on any atom is -0.389 e. The van der Waals surface area contributed by atoms with Crippen molar-refractivity contribution in [3.8, 4) is 0 Å². The Bertz CT molecular complexity index is 577. The van der Waals surface area contributed by atoms with Crippen LogP contribution in [0.1, 0.15) is 37.8 Å². The van der Waals surface area contributed by atoms with Gasteiger partial charge in [0.15, 0.2) is 0 Å². The number of benzene rings is 1. The Morgan fingerprint density at radius 1 is 1.25 bits per heavy atom. The second-order valence-corrected chi connectivity index (χ2v) is 7.09. The van der Waals surface area contributed by atoms with Crippen LogP contribution in [-0.4, -0.2) is 30.8 Å². The van der Waals surface area contributed by atoms with Crippen LogP contribution < -0.4 is 5.73 Å². The molecule has 0 heterocycles. The second kappa shape index (κ2) is 7.15. The predicted molar refractivity (Wildman–Crippen MR) is 86.4 cm³/mol. The lowest BCUT2D eigenvalue weighted by Gasteiger charge is -2.22. The normalized spacial score (nSPS) is 11.8. The van der Waals surface area contributed by atoms with E-state index in [-0.39, 0.29) is 4.99 Å². The molecule has 4 nitrogen and oxygen atoms in total.